The summed E-state index contributed by atoms with van der Waals surface area (Å²) in [5.74, 6) is 0.601. The molecule has 2 rings (SSSR count). The summed E-state index contributed by atoms with van der Waals surface area (Å²) in [6, 6.07) is 7.27. The van der Waals surface area contributed by atoms with Crippen LogP contribution in [0, 0.1) is 0 Å². The van der Waals surface area contributed by atoms with Crippen LogP contribution in [-0.2, 0) is 9.53 Å². The maximum absolute atomic E-state index is 11.7. The Morgan fingerprint density at radius 1 is 1.40 bits per heavy atom. The van der Waals surface area contributed by atoms with Gasteiger partial charge in [0.25, 0.3) is 0 Å². The van der Waals surface area contributed by atoms with E-state index < -0.39 is 0 Å². The van der Waals surface area contributed by atoms with E-state index in [1.54, 1.807) is 12.1 Å². The number of benzene rings is 1. The number of carbonyl (C=O) groups excluding carboxylic acids is 1. The van der Waals surface area contributed by atoms with Crippen LogP contribution in [-0.4, -0.2) is 31.8 Å². The predicted molar refractivity (Wildman–Crippen MR) is 77.6 cm³/mol. The fourth-order valence-electron chi connectivity index (χ4n) is 2.15. The summed E-state index contributed by atoms with van der Waals surface area (Å²) in [6.45, 7) is 1.72. The van der Waals surface area contributed by atoms with E-state index in [2.05, 4.69) is 5.32 Å². The van der Waals surface area contributed by atoms with Gasteiger partial charge in [0.1, 0.15) is 5.75 Å². The molecule has 1 amide bonds. The number of nitrogens with two attached hydrogens (primary N) is 1. The monoisotopic (exact) mass is 278 g/mol. The minimum Gasteiger partial charge on any atom is -0.491 e. The van der Waals surface area contributed by atoms with Gasteiger partial charge in [-0.05, 0) is 31.4 Å². The smallest absolute Gasteiger partial charge is 0.223 e. The van der Waals surface area contributed by atoms with E-state index in [0.717, 1.165) is 19.4 Å². The lowest BCUT2D eigenvalue weighted by molar-refractivity contribution is -0.122. The van der Waals surface area contributed by atoms with E-state index in [0.29, 0.717) is 31.0 Å². The van der Waals surface area contributed by atoms with Crippen molar-refractivity contribution in [3.63, 3.8) is 0 Å². The SMILES string of the molecule is Nc1ccccc1OCCC(=O)NCC1CCCCO1. The predicted octanol–water partition coefficient (Wildman–Crippen LogP) is 1.72. The molecule has 1 atom stereocenters. The third-order valence-electron chi connectivity index (χ3n) is 3.31. The summed E-state index contributed by atoms with van der Waals surface area (Å²) < 4.78 is 11.0. The molecule has 0 radical (unpaired) electrons. The zero-order chi connectivity index (χ0) is 14.2. The summed E-state index contributed by atoms with van der Waals surface area (Å²) in [5.41, 5.74) is 6.34. The maximum Gasteiger partial charge on any atom is 0.223 e. The van der Waals surface area contributed by atoms with Crippen molar-refractivity contribution < 1.29 is 14.3 Å². The number of rotatable bonds is 6. The summed E-state index contributed by atoms with van der Waals surface area (Å²) in [4.78, 5) is 11.7. The quantitative estimate of drug-likeness (QED) is 0.777. The molecular formula is C15H22N2O3. The van der Waals surface area contributed by atoms with E-state index in [-0.39, 0.29) is 12.0 Å². The second kappa shape index (κ2) is 7.75. The lowest BCUT2D eigenvalue weighted by atomic mass is 10.1. The van der Waals surface area contributed by atoms with Crippen molar-refractivity contribution in [2.24, 2.45) is 0 Å². The lowest BCUT2D eigenvalue weighted by Crippen LogP contribution is -2.35. The first-order valence-electron chi connectivity index (χ1n) is 7.11. The van der Waals surface area contributed by atoms with Gasteiger partial charge in [0.05, 0.1) is 24.8 Å². The van der Waals surface area contributed by atoms with Gasteiger partial charge in [-0.2, -0.15) is 0 Å². The highest BCUT2D eigenvalue weighted by atomic mass is 16.5. The fraction of sp³-hybridized carbons (Fsp3) is 0.533. The zero-order valence-corrected chi connectivity index (χ0v) is 11.6. The summed E-state index contributed by atoms with van der Waals surface area (Å²) in [5, 5.41) is 2.88. The average Bonchev–Trinajstić information content (AvgIpc) is 2.48. The molecule has 3 N–H and O–H groups in total. The van der Waals surface area contributed by atoms with Crippen LogP contribution < -0.4 is 15.8 Å². The number of nitrogen functional groups attached to an aromatic ring is 1. The minimum atomic E-state index is -0.0197. The van der Waals surface area contributed by atoms with Crippen LogP contribution >= 0.6 is 0 Å². The van der Waals surface area contributed by atoms with Crippen LogP contribution in [0.5, 0.6) is 5.75 Å². The molecule has 1 aliphatic rings. The van der Waals surface area contributed by atoms with Gasteiger partial charge in [-0.25, -0.2) is 0 Å². The molecule has 1 aromatic rings. The van der Waals surface area contributed by atoms with Gasteiger partial charge in [0.15, 0.2) is 0 Å². The summed E-state index contributed by atoms with van der Waals surface area (Å²) >= 11 is 0. The highest BCUT2D eigenvalue weighted by molar-refractivity contribution is 5.76. The first-order chi connectivity index (χ1) is 9.75. The van der Waals surface area contributed by atoms with Gasteiger partial charge in [-0.15, -0.1) is 0 Å². The molecule has 1 unspecified atom stereocenters. The van der Waals surface area contributed by atoms with Gasteiger partial charge in [0.2, 0.25) is 5.91 Å². The molecule has 1 heterocycles. The number of hydrogen-bond donors (Lipinski definition) is 2. The van der Waals surface area contributed by atoms with Crippen LogP contribution in [0.1, 0.15) is 25.7 Å². The Balaban J connectivity index is 1.61. The van der Waals surface area contributed by atoms with Crippen molar-refractivity contribution >= 4 is 11.6 Å². The lowest BCUT2D eigenvalue weighted by Gasteiger charge is -2.22. The molecule has 110 valence electrons. The molecule has 0 bridgehead atoms. The van der Waals surface area contributed by atoms with Gasteiger partial charge < -0.3 is 20.5 Å². The van der Waals surface area contributed by atoms with Crippen LogP contribution in [0.2, 0.25) is 0 Å². The highest BCUT2D eigenvalue weighted by Crippen LogP contribution is 2.19. The van der Waals surface area contributed by atoms with E-state index in [9.17, 15) is 4.79 Å². The van der Waals surface area contributed by atoms with Gasteiger partial charge in [-0.1, -0.05) is 12.1 Å². The number of nitrogens with one attached hydrogen (secondary N) is 1. The molecule has 1 aliphatic heterocycles. The highest BCUT2D eigenvalue weighted by Gasteiger charge is 2.14. The Bertz CT molecular complexity index is 431. The number of anilines is 1. The Morgan fingerprint density at radius 2 is 2.25 bits per heavy atom. The van der Waals surface area contributed by atoms with Crippen molar-refractivity contribution in [1.29, 1.82) is 0 Å². The first-order valence-corrected chi connectivity index (χ1v) is 7.11. The summed E-state index contributed by atoms with van der Waals surface area (Å²) in [7, 11) is 0. The first kappa shape index (κ1) is 14.7. The number of ether oxygens (including phenoxy) is 2. The molecule has 5 heteroatoms. The molecule has 1 fully saturated rings. The number of para-hydroxylation sites is 2. The molecule has 1 aromatic carbocycles. The largest absolute Gasteiger partial charge is 0.491 e. The third kappa shape index (κ3) is 4.74. The van der Waals surface area contributed by atoms with Crippen molar-refractivity contribution in [3.05, 3.63) is 24.3 Å². The zero-order valence-electron chi connectivity index (χ0n) is 11.6. The standard InChI is InChI=1S/C15H22N2O3/c16-13-6-1-2-7-14(13)20-10-8-15(18)17-11-12-5-3-4-9-19-12/h1-2,6-7,12H,3-5,8-11,16H2,(H,17,18). The molecule has 0 spiro atoms. The van der Waals surface area contributed by atoms with E-state index in [1.165, 1.54) is 6.42 Å². The van der Waals surface area contributed by atoms with E-state index >= 15 is 0 Å². The van der Waals surface area contributed by atoms with E-state index in [1.807, 2.05) is 12.1 Å². The Hall–Kier alpha value is -1.75. The van der Waals surface area contributed by atoms with Crippen LogP contribution in [0.25, 0.3) is 0 Å². The molecule has 0 aliphatic carbocycles. The topological polar surface area (TPSA) is 73.6 Å². The average molecular weight is 278 g/mol. The maximum atomic E-state index is 11.7. The minimum absolute atomic E-state index is 0.0197. The normalized spacial score (nSPS) is 18.5. The van der Waals surface area contributed by atoms with Gasteiger partial charge in [0, 0.05) is 13.2 Å². The number of carbonyl (C=O) groups is 1. The second-order valence-electron chi connectivity index (χ2n) is 4.93. The molecule has 0 saturated carbocycles. The molecule has 1 saturated heterocycles. The Morgan fingerprint density at radius 3 is 3.00 bits per heavy atom. The third-order valence-corrected chi connectivity index (χ3v) is 3.31. The van der Waals surface area contributed by atoms with Crippen molar-refractivity contribution in [3.8, 4) is 5.75 Å². The van der Waals surface area contributed by atoms with E-state index in [4.69, 9.17) is 15.2 Å². The fourth-order valence-corrected chi connectivity index (χ4v) is 2.15. The van der Waals surface area contributed by atoms with Crippen LogP contribution in [0.4, 0.5) is 5.69 Å². The Labute approximate surface area is 119 Å². The van der Waals surface area contributed by atoms with Crippen molar-refractivity contribution in [2.75, 3.05) is 25.5 Å². The van der Waals surface area contributed by atoms with Crippen molar-refractivity contribution in [2.45, 2.75) is 31.8 Å². The van der Waals surface area contributed by atoms with Gasteiger partial charge in [-0.3, -0.25) is 4.79 Å². The Kier molecular flexibility index (Phi) is 5.68. The molecule has 20 heavy (non-hydrogen) atoms. The molecular weight excluding hydrogens is 256 g/mol. The number of hydrogen-bond acceptors (Lipinski definition) is 4. The van der Waals surface area contributed by atoms with Crippen LogP contribution in [0.15, 0.2) is 24.3 Å². The number of amides is 1. The molecule has 5 nitrogen and oxygen atoms in total. The molecule has 0 aromatic heterocycles. The van der Waals surface area contributed by atoms with Crippen LogP contribution in [0.3, 0.4) is 0 Å². The second-order valence-corrected chi connectivity index (χ2v) is 4.93. The van der Waals surface area contributed by atoms with Crippen molar-refractivity contribution in [1.82, 2.24) is 5.32 Å². The van der Waals surface area contributed by atoms with Gasteiger partial charge >= 0.3 is 0 Å². The summed E-state index contributed by atoms with van der Waals surface area (Å²) in [6.07, 6.45) is 3.81.